The third-order valence-corrected chi connectivity index (χ3v) is 3.56. The Bertz CT molecular complexity index is 496. The van der Waals surface area contributed by atoms with Crippen molar-refractivity contribution in [3.63, 3.8) is 0 Å². The molecule has 0 aliphatic carbocycles. The zero-order valence-electron chi connectivity index (χ0n) is 8.55. The second kappa shape index (κ2) is 3.81. The maximum Gasteiger partial charge on any atom is 0.231 e. The lowest BCUT2D eigenvalue weighted by atomic mass is 10.1. The summed E-state index contributed by atoms with van der Waals surface area (Å²) < 4.78 is 10.6. The van der Waals surface area contributed by atoms with Crippen LogP contribution < -0.4 is 15.2 Å². The van der Waals surface area contributed by atoms with Crippen LogP contribution in [0.3, 0.4) is 0 Å². The van der Waals surface area contributed by atoms with Gasteiger partial charge in [-0.25, -0.2) is 0 Å². The second-order valence-electron chi connectivity index (χ2n) is 3.61. The Morgan fingerprint density at radius 3 is 2.88 bits per heavy atom. The van der Waals surface area contributed by atoms with E-state index >= 15 is 0 Å². The Kier molecular flexibility index (Phi) is 2.31. The topological polar surface area (TPSA) is 44.5 Å². The molecule has 0 amide bonds. The quantitative estimate of drug-likeness (QED) is 0.866. The minimum Gasteiger partial charge on any atom is -0.454 e. The van der Waals surface area contributed by atoms with Crippen molar-refractivity contribution in [2.75, 3.05) is 6.79 Å². The molecule has 0 bridgehead atoms. The summed E-state index contributed by atoms with van der Waals surface area (Å²) in [7, 11) is 0. The predicted octanol–water partition coefficient (Wildman–Crippen LogP) is 2.52. The van der Waals surface area contributed by atoms with E-state index in [4.69, 9.17) is 15.2 Å². The Labute approximate surface area is 97.4 Å². The molecular weight excluding hydrogens is 222 g/mol. The summed E-state index contributed by atoms with van der Waals surface area (Å²) >= 11 is 1.66. The molecule has 0 saturated carbocycles. The van der Waals surface area contributed by atoms with Gasteiger partial charge in [-0.1, -0.05) is 12.1 Å². The minimum atomic E-state index is -0.0884. The number of thiophene rings is 1. The van der Waals surface area contributed by atoms with E-state index in [9.17, 15) is 0 Å². The molecule has 2 aromatic rings. The molecule has 0 radical (unpaired) electrons. The molecule has 3 rings (SSSR count). The summed E-state index contributed by atoms with van der Waals surface area (Å²) in [5.41, 5.74) is 7.22. The van der Waals surface area contributed by atoms with Crippen molar-refractivity contribution in [3.05, 3.63) is 46.2 Å². The van der Waals surface area contributed by atoms with Crippen LogP contribution in [-0.4, -0.2) is 6.79 Å². The summed E-state index contributed by atoms with van der Waals surface area (Å²) in [4.78, 5) is 1.15. The van der Waals surface area contributed by atoms with E-state index < -0.39 is 0 Å². The molecule has 82 valence electrons. The molecule has 16 heavy (non-hydrogen) atoms. The number of hydrogen-bond acceptors (Lipinski definition) is 4. The Hall–Kier alpha value is -1.52. The highest BCUT2D eigenvalue weighted by Gasteiger charge is 2.17. The van der Waals surface area contributed by atoms with Gasteiger partial charge in [0.25, 0.3) is 0 Å². The Balaban J connectivity index is 1.95. The van der Waals surface area contributed by atoms with Gasteiger partial charge in [0.05, 0.1) is 6.04 Å². The molecule has 2 N–H and O–H groups in total. The van der Waals surface area contributed by atoms with Gasteiger partial charge in [0, 0.05) is 4.88 Å². The molecule has 0 saturated heterocycles. The van der Waals surface area contributed by atoms with E-state index in [0.29, 0.717) is 6.79 Å². The summed E-state index contributed by atoms with van der Waals surface area (Å²) in [5, 5.41) is 2.03. The number of benzene rings is 1. The van der Waals surface area contributed by atoms with Gasteiger partial charge in [0.15, 0.2) is 11.5 Å². The zero-order valence-corrected chi connectivity index (χ0v) is 9.37. The third kappa shape index (κ3) is 1.56. The van der Waals surface area contributed by atoms with Gasteiger partial charge in [0.1, 0.15) is 0 Å². The first-order chi connectivity index (χ1) is 7.84. The number of hydrogen-bond donors (Lipinski definition) is 1. The minimum absolute atomic E-state index is 0.0884. The van der Waals surface area contributed by atoms with Crippen LogP contribution in [0.1, 0.15) is 16.5 Å². The standard InChI is InChI=1S/C12H11NO2S/c13-12(11-2-1-5-16-11)8-3-4-9-10(6-8)15-7-14-9/h1-6,12H,7,13H2. The molecule has 0 spiro atoms. The van der Waals surface area contributed by atoms with Crippen LogP contribution in [0.15, 0.2) is 35.7 Å². The van der Waals surface area contributed by atoms with Crippen LogP contribution in [-0.2, 0) is 0 Å². The van der Waals surface area contributed by atoms with Gasteiger partial charge < -0.3 is 15.2 Å². The van der Waals surface area contributed by atoms with Crippen molar-refractivity contribution in [1.82, 2.24) is 0 Å². The van der Waals surface area contributed by atoms with E-state index in [-0.39, 0.29) is 6.04 Å². The van der Waals surface area contributed by atoms with Gasteiger partial charge in [-0.05, 0) is 29.1 Å². The van der Waals surface area contributed by atoms with E-state index in [1.807, 2.05) is 35.7 Å². The van der Waals surface area contributed by atoms with Crippen molar-refractivity contribution in [1.29, 1.82) is 0 Å². The maximum atomic E-state index is 6.17. The molecule has 1 aliphatic rings. The maximum absolute atomic E-state index is 6.17. The summed E-state index contributed by atoms with van der Waals surface area (Å²) in [5.74, 6) is 1.58. The molecule has 3 nitrogen and oxygen atoms in total. The smallest absolute Gasteiger partial charge is 0.231 e. The van der Waals surface area contributed by atoms with Crippen LogP contribution in [0.5, 0.6) is 11.5 Å². The lowest BCUT2D eigenvalue weighted by Crippen LogP contribution is -2.09. The van der Waals surface area contributed by atoms with Crippen molar-refractivity contribution < 1.29 is 9.47 Å². The largest absolute Gasteiger partial charge is 0.454 e. The second-order valence-corrected chi connectivity index (χ2v) is 4.59. The van der Waals surface area contributed by atoms with Crippen LogP contribution in [0.4, 0.5) is 0 Å². The number of rotatable bonds is 2. The normalized spacial score (nSPS) is 15.1. The summed E-state index contributed by atoms with van der Waals surface area (Å²) in [6, 6.07) is 9.80. The first kappa shape index (κ1) is 9.69. The third-order valence-electron chi connectivity index (χ3n) is 2.61. The molecule has 1 aliphatic heterocycles. The highest BCUT2D eigenvalue weighted by Crippen LogP contribution is 2.35. The first-order valence-electron chi connectivity index (χ1n) is 5.03. The zero-order chi connectivity index (χ0) is 11.0. The van der Waals surface area contributed by atoms with Gasteiger partial charge in [-0.3, -0.25) is 0 Å². The summed E-state index contributed by atoms with van der Waals surface area (Å²) in [6.45, 7) is 0.299. The lowest BCUT2D eigenvalue weighted by molar-refractivity contribution is 0.174. The molecular formula is C12H11NO2S. The van der Waals surface area contributed by atoms with Crippen molar-refractivity contribution in [3.8, 4) is 11.5 Å². The predicted molar refractivity (Wildman–Crippen MR) is 62.9 cm³/mol. The highest BCUT2D eigenvalue weighted by atomic mass is 32.1. The van der Waals surface area contributed by atoms with Gasteiger partial charge in [-0.15, -0.1) is 11.3 Å². The molecule has 1 unspecified atom stereocenters. The van der Waals surface area contributed by atoms with Crippen molar-refractivity contribution in [2.24, 2.45) is 5.73 Å². The molecule has 0 fully saturated rings. The number of ether oxygens (including phenoxy) is 2. The number of nitrogens with two attached hydrogens (primary N) is 1. The highest BCUT2D eigenvalue weighted by molar-refractivity contribution is 7.10. The van der Waals surface area contributed by atoms with Crippen LogP contribution in [0.25, 0.3) is 0 Å². The van der Waals surface area contributed by atoms with Gasteiger partial charge in [-0.2, -0.15) is 0 Å². The molecule has 2 heterocycles. The lowest BCUT2D eigenvalue weighted by Gasteiger charge is -2.10. The first-order valence-corrected chi connectivity index (χ1v) is 5.91. The van der Waals surface area contributed by atoms with Crippen LogP contribution >= 0.6 is 11.3 Å². The molecule has 1 aromatic heterocycles. The Morgan fingerprint density at radius 2 is 2.06 bits per heavy atom. The fraction of sp³-hybridized carbons (Fsp3) is 0.167. The average molecular weight is 233 g/mol. The van der Waals surface area contributed by atoms with Crippen LogP contribution in [0.2, 0.25) is 0 Å². The monoisotopic (exact) mass is 233 g/mol. The SMILES string of the molecule is NC(c1ccc2c(c1)OCO2)c1cccs1. The fourth-order valence-corrected chi connectivity index (χ4v) is 2.49. The fourth-order valence-electron chi connectivity index (χ4n) is 1.74. The molecule has 4 heteroatoms. The van der Waals surface area contributed by atoms with Crippen molar-refractivity contribution >= 4 is 11.3 Å². The Morgan fingerprint density at radius 1 is 1.19 bits per heavy atom. The van der Waals surface area contributed by atoms with E-state index in [2.05, 4.69) is 0 Å². The van der Waals surface area contributed by atoms with E-state index in [0.717, 1.165) is 21.9 Å². The van der Waals surface area contributed by atoms with Crippen molar-refractivity contribution in [2.45, 2.75) is 6.04 Å². The van der Waals surface area contributed by atoms with E-state index in [1.165, 1.54) is 0 Å². The van der Waals surface area contributed by atoms with E-state index in [1.54, 1.807) is 11.3 Å². The summed E-state index contributed by atoms with van der Waals surface area (Å²) in [6.07, 6.45) is 0. The van der Waals surface area contributed by atoms with Crippen LogP contribution in [0, 0.1) is 0 Å². The molecule has 1 atom stereocenters. The average Bonchev–Trinajstić information content (AvgIpc) is 2.98. The van der Waals surface area contributed by atoms with Gasteiger partial charge >= 0.3 is 0 Å². The number of fused-ring (bicyclic) bond motifs is 1. The molecule has 1 aromatic carbocycles. The van der Waals surface area contributed by atoms with Gasteiger partial charge in [0.2, 0.25) is 6.79 Å².